The Kier molecular flexibility index (Phi) is 42.7. The summed E-state index contributed by atoms with van der Waals surface area (Å²) in [5, 5.41) is 46.1. The smallest absolute Gasteiger partial charge is 0.328 e. The molecule has 0 radical (unpaired) electrons. The minimum atomic E-state index is -1.77. The second-order valence-corrected chi connectivity index (χ2v) is 21.1. The van der Waals surface area contributed by atoms with E-state index in [2.05, 4.69) is 31.4 Å². The average molecular weight is 1070 g/mol. The normalized spacial score (nSPS) is 17.9. The Morgan fingerprint density at radius 1 is 0.493 bits per heavy atom. The lowest BCUT2D eigenvalue weighted by molar-refractivity contribution is -0.286. The first-order valence-electron chi connectivity index (χ1n) is 29.8. The van der Waals surface area contributed by atoms with Crippen LogP contribution in [0.5, 0.6) is 0 Å². The number of amides is 2. The Balaban J connectivity index is 3.21. The molecule has 0 bridgehead atoms. The van der Waals surface area contributed by atoms with Gasteiger partial charge < -0.3 is 50.0 Å². The molecule has 75 heavy (non-hydrogen) atoms. The van der Waals surface area contributed by atoms with Crippen LogP contribution in [0.25, 0.3) is 0 Å². The number of nitrogens with one attached hydrogen (secondary N) is 2. The number of aliphatic carboxylic acids is 3. The maximum absolute atomic E-state index is 13.6. The van der Waals surface area contributed by atoms with Crippen LogP contribution in [-0.4, -0.2) is 111 Å². The number of aliphatic hydroxyl groups is 1. The highest BCUT2D eigenvalue weighted by Gasteiger charge is 2.50. The monoisotopic (exact) mass is 1070 g/mol. The van der Waals surface area contributed by atoms with Crippen molar-refractivity contribution in [3.05, 3.63) is 0 Å². The zero-order valence-corrected chi connectivity index (χ0v) is 46.8. The van der Waals surface area contributed by atoms with Gasteiger partial charge in [-0.1, -0.05) is 213 Å². The molecule has 6 N–H and O–H groups in total. The topological polar surface area (TPSA) is 261 Å². The van der Waals surface area contributed by atoms with Gasteiger partial charge in [0, 0.05) is 25.7 Å². The van der Waals surface area contributed by atoms with Crippen LogP contribution in [0.1, 0.15) is 278 Å². The van der Waals surface area contributed by atoms with Crippen molar-refractivity contribution in [2.24, 2.45) is 0 Å². The lowest BCUT2D eigenvalue weighted by Gasteiger charge is -2.44. The van der Waals surface area contributed by atoms with E-state index in [1.807, 2.05) is 0 Å². The first-order chi connectivity index (χ1) is 36.2. The van der Waals surface area contributed by atoms with Gasteiger partial charge in [-0.2, -0.15) is 0 Å². The number of unbranched alkanes of at least 4 members (excludes halogenated alkanes) is 30. The molecule has 1 aliphatic heterocycles. The molecule has 0 aliphatic carbocycles. The molecule has 1 aliphatic rings. The molecule has 17 heteroatoms. The molecule has 1 unspecified atom stereocenters. The summed E-state index contributed by atoms with van der Waals surface area (Å²) >= 11 is 0. The molecule has 0 aromatic heterocycles. The standard InChI is InChI=1S/C58H104N2O15/c1-4-7-10-13-16-19-22-25-28-31-34-37-48(61)59-46(40-41-50(63)64)57(71)72-44-47-55(70)56(75-53(69)39-36-33-30-27-24-21-18-15-12-9-6-3)54(58(74-47)73-45(42-51(65)66)43-52(67)68)60-49(62)38-35-32-29-26-23-20-17-14-11-8-5-2/h45-47,54-56,58,70H,4-44H2,1-3H3,(H,59,61)(H,60,62)(H,63,64)(H,65,66)(H,67,68)/t46?,47-,54-,55-,56-,58+/m1/s1. The fourth-order valence-electron chi connectivity index (χ4n) is 9.56. The van der Waals surface area contributed by atoms with Crippen molar-refractivity contribution in [2.45, 2.75) is 320 Å². The lowest BCUT2D eigenvalue weighted by Crippen LogP contribution is -2.66. The molecule has 0 aromatic carbocycles. The zero-order chi connectivity index (χ0) is 55.3. The van der Waals surface area contributed by atoms with Crippen molar-refractivity contribution in [1.29, 1.82) is 0 Å². The first-order valence-corrected chi connectivity index (χ1v) is 29.8. The van der Waals surface area contributed by atoms with Crippen molar-refractivity contribution in [3.8, 4) is 0 Å². The minimum absolute atomic E-state index is 0.0174. The summed E-state index contributed by atoms with van der Waals surface area (Å²) in [6.45, 7) is 5.85. The first kappa shape index (κ1) is 69.2. The van der Waals surface area contributed by atoms with Crippen LogP contribution < -0.4 is 10.6 Å². The van der Waals surface area contributed by atoms with Crippen molar-refractivity contribution in [2.75, 3.05) is 6.61 Å². The lowest BCUT2D eigenvalue weighted by atomic mass is 9.95. The Bertz CT molecular complexity index is 1510. The summed E-state index contributed by atoms with van der Waals surface area (Å²) in [6.07, 6.45) is 25.1. The Morgan fingerprint density at radius 2 is 0.880 bits per heavy atom. The number of aliphatic hydroxyl groups excluding tert-OH is 1. The molecule has 17 nitrogen and oxygen atoms in total. The van der Waals surface area contributed by atoms with Crippen molar-refractivity contribution >= 4 is 41.7 Å². The van der Waals surface area contributed by atoms with Crippen LogP contribution in [0.3, 0.4) is 0 Å². The fourth-order valence-corrected chi connectivity index (χ4v) is 9.56. The maximum atomic E-state index is 13.6. The van der Waals surface area contributed by atoms with E-state index in [1.165, 1.54) is 109 Å². The minimum Gasteiger partial charge on any atom is -0.481 e. The van der Waals surface area contributed by atoms with E-state index in [9.17, 15) is 54.0 Å². The molecule has 0 aromatic rings. The van der Waals surface area contributed by atoms with Gasteiger partial charge in [-0.15, -0.1) is 0 Å². The SMILES string of the molecule is CCCCCCCCCCCCCC(=O)NC(CCC(=O)O)C(=O)OC[C@H]1O[C@H](OC(CC(=O)O)CC(=O)O)[C@H](NC(=O)CCCCCCCCCCCCC)[C@@H](OC(=O)CCCCCCCCCCCCC)[C@@H]1O. The highest BCUT2D eigenvalue weighted by molar-refractivity contribution is 5.85. The largest absolute Gasteiger partial charge is 0.481 e. The van der Waals surface area contributed by atoms with Gasteiger partial charge >= 0.3 is 29.8 Å². The fraction of sp³-hybridized carbons (Fsp3) is 0.879. The number of esters is 2. The van der Waals surface area contributed by atoms with Gasteiger partial charge in [0.2, 0.25) is 11.8 Å². The number of carbonyl (C=O) groups excluding carboxylic acids is 4. The molecule has 1 rings (SSSR count). The third-order valence-corrected chi connectivity index (χ3v) is 14.1. The number of carboxylic acid groups (broad SMARTS) is 3. The second kappa shape index (κ2) is 46.3. The molecular formula is C58H104N2O15. The molecule has 436 valence electrons. The molecule has 6 atom stereocenters. The van der Waals surface area contributed by atoms with Gasteiger partial charge in [-0.25, -0.2) is 4.79 Å². The Morgan fingerprint density at radius 3 is 1.28 bits per heavy atom. The van der Waals surface area contributed by atoms with Crippen molar-refractivity contribution in [3.63, 3.8) is 0 Å². The number of hydrogen-bond donors (Lipinski definition) is 6. The summed E-state index contributed by atoms with van der Waals surface area (Å²) < 4.78 is 23.6. The van der Waals surface area contributed by atoms with E-state index in [-0.39, 0.29) is 25.7 Å². The van der Waals surface area contributed by atoms with E-state index >= 15 is 0 Å². The van der Waals surface area contributed by atoms with Gasteiger partial charge in [-0.3, -0.25) is 28.8 Å². The molecule has 0 spiro atoms. The summed E-state index contributed by atoms with van der Waals surface area (Å²) in [7, 11) is 0. The highest BCUT2D eigenvalue weighted by Crippen LogP contribution is 2.29. The predicted octanol–water partition coefficient (Wildman–Crippen LogP) is 11.8. The summed E-state index contributed by atoms with van der Waals surface area (Å²) in [5.41, 5.74) is 0. The Labute approximate surface area is 450 Å². The van der Waals surface area contributed by atoms with Crippen LogP contribution in [0, 0.1) is 0 Å². The molecule has 2 amide bonds. The van der Waals surface area contributed by atoms with Gasteiger partial charge in [0.15, 0.2) is 12.4 Å². The summed E-state index contributed by atoms with van der Waals surface area (Å²) in [5.74, 6) is -6.63. The number of carboxylic acids is 3. The quantitative estimate of drug-likeness (QED) is 0.0244. The van der Waals surface area contributed by atoms with Crippen LogP contribution in [0.4, 0.5) is 0 Å². The van der Waals surface area contributed by atoms with Crippen molar-refractivity contribution in [1.82, 2.24) is 10.6 Å². The summed E-state index contributed by atoms with van der Waals surface area (Å²) in [6, 6.07) is -2.82. The van der Waals surface area contributed by atoms with E-state index in [1.54, 1.807) is 0 Å². The Hall–Kier alpha value is -3.83. The van der Waals surface area contributed by atoms with Crippen molar-refractivity contribution < 1.29 is 72.9 Å². The van der Waals surface area contributed by atoms with Crippen LogP contribution in [0.15, 0.2) is 0 Å². The van der Waals surface area contributed by atoms with Crippen LogP contribution in [-0.2, 0) is 52.5 Å². The van der Waals surface area contributed by atoms with E-state index in [0.29, 0.717) is 19.3 Å². The molecule has 0 saturated carbocycles. The van der Waals surface area contributed by atoms with Gasteiger partial charge in [-0.05, 0) is 25.7 Å². The van der Waals surface area contributed by atoms with E-state index < -0.39 is 110 Å². The molecular weight excluding hydrogens is 965 g/mol. The maximum Gasteiger partial charge on any atom is 0.328 e. The average Bonchev–Trinajstić information content (AvgIpc) is 3.36. The number of rotatable bonds is 51. The third-order valence-electron chi connectivity index (χ3n) is 14.1. The molecule has 1 heterocycles. The number of ether oxygens (including phenoxy) is 4. The number of carbonyl (C=O) groups is 7. The van der Waals surface area contributed by atoms with Crippen LogP contribution >= 0.6 is 0 Å². The number of hydrogen-bond acceptors (Lipinski definition) is 12. The van der Waals surface area contributed by atoms with Gasteiger partial charge in [0.25, 0.3) is 0 Å². The molecule has 1 fully saturated rings. The molecule has 1 saturated heterocycles. The van der Waals surface area contributed by atoms with E-state index in [0.717, 1.165) is 83.5 Å². The van der Waals surface area contributed by atoms with Gasteiger partial charge in [0.1, 0.15) is 30.9 Å². The van der Waals surface area contributed by atoms with Crippen LogP contribution in [0.2, 0.25) is 0 Å². The summed E-state index contributed by atoms with van der Waals surface area (Å²) in [4.78, 5) is 89.3. The zero-order valence-electron chi connectivity index (χ0n) is 46.8. The third kappa shape index (κ3) is 37.6. The second-order valence-electron chi connectivity index (χ2n) is 21.1. The van der Waals surface area contributed by atoms with Gasteiger partial charge in [0.05, 0.1) is 18.9 Å². The highest BCUT2D eigenvalue weighted by atomic mass is 16.7. The van der Waals surface area contributed by atoms with E-state index in [4.69, 9.17) is 18.9 Å². The predicted molar refractivity (Wildman–Crippen MR) is 289 cm³/mol.